The molecule has 0 radical (unpaired) electrons. The SMILES string of the molecule is Cc1cc(/C=C/C(=O)N2CCC(C(NC3CCC(c4c[nH]c5ccncc45)CC3)C(N)=O)CC2)cc(F)c1F. The normalized spacial score (nSPS) is 21.5. The Morgan fingerprint density at radius 2 is 1.90 bits per heavy atom. The Labute approximate surface area is 226 Å². The number of piperidine rings is 1. The van der Waals surface area contributed by atoms with Crippen LogP contribution in [-0.4, -0.2) is 51.9 Å². The number of hydrogen-bond acceptors (Lipinski definition) is 4. The Balaban J connectivity index is 1.13. The van der Waals surface area contributed by atoms with E-state index in [2.05, 4.69) is 21.5 Å². The van der Waals surface area contributed by atoms with Gasteiger partial charge in [-0.15, -0.1) is 0 Å². The van der Waals surface area contributed by atoms with E-state index in [0.29, 0.717) is 37.4 Å². The lowest BCUT2D eigenvalue weighted by molar-refractivity contribution is -0.128. The predicted octanol–water partition coefficient (Wildman–Crippen LogP) is 4.57. The molecule has 4 N–H and O–H groups in total. The molecule has 1 aliphatic heterocycles. The zero-order chi connectivity index (χ0) is 27.5. The number of aromatic nitrogens is 2. The lowest BCUT2D eigenvalue weighted by Crippen LogP contribution is -2.54. The number of primary amides is 1. The summed E-state index contributed by atoms with van der Waals surface area (Å²) in [5, 5.41) is 4.74. The molecule has 1 aromatic carbocycles. The molecule has 2 amide bonds. The first-order valence-electron chi connectivity index (χ1n) is 13.7. The van der Waals surface area contributed by atoms with Gasteiger partial charge in [0.05, 0.1) is 6.04 Å². The highest BCUT2D eigenvalue weighted by molar-refractivity contribution is 5.92. The fourth-order valence-electron chi connectivity index (χ4n) is 6.17. The molecule has 39 heavy (non-hydrogen) atoms. The van der Waals surface area contributed by atoms with Crippen LogP contribution in [-0.2, 0) is 9.59 Å². The van der Waals surface area contributed by atoms with Gasteiger partial charge in [0.1, 0.15) is 0 Å². The molecule has 1 saturated carbocycles. The van der Waals surface area contributed by atoms with E-state index in [-0.39, 0.29) is 29.3 Å². The monoisotopic (exact) mass is 535 g/mol. The van der Waals surface area contributed by atoms with E-state index < -0.39 is 17.7 Å². The van der Waals surface area contributed by atoms with Crippen LogP contribution in [0.15, 0.2) is 42.9 Å². The molecule has 2 aliphatic rings. The molecule has 7 nitrogen and oxygen atoms in total. The van der Waals surface area contributed by atoms with Gasteiger partial charge in [0, 0.05) is 54.7 Å². The number of carbonyl (C=O) groups excluding carboxylic acids is 2. The van der Waals surface area contributed by atoms with E-state index in [1.165, 1.54) is 36.1 Å². The van der Waals surface area contributed by atoms with Gasteiger partial charge in [-0.2, -0.15) is 0 Å². The van der Waals surface area contributed by atoms with Crippen molar-refractivity contribution in [1.29, 1.82) is 0 Å². The Morgan fingerprint density at radius 1 is 1.15 bits per heavy atom. The third-order valence-corrected chi connectivity index (χ3v) is 8.38. The van der Waals surface area contributed by atoms with Crippen LogP contribution < -0.4 is 11.1 Å². The minimum Gasteiger partial charge on any atom is -0.368 e. The molecular formula is C30H35F2N5O2. The minimum atomic E-state index is -0.934. The number of aromatic amines is 1. The van der Waals surface area contributed by atoms with Crippen molar-refractivity contribution in [2.75, 3.05) is 13.1 Å². The van der Waals surface area contributed by atoms with Gasteiger partial charge in [0.25, 0.3) is 0 Å². The lowest BCUT2D eigenvalue weighted by Gasteiger charge is -2.38. The second-order valence-electron chi connectivity index (χ2n) is 10.9. The summed E-state index contributed by atoms with van der Waals surface area (Å²) in [5.74, 6) is -1.83. The van der Waals surface area contributed by atoms with Crippen LogP contribution >= 0.6 is 0 Å². The number of halogens is 2. The largest absolute Gasteiger partial charge is 0.368 e. The quantitative estimate of drug-likeness (QED) is 0.386. The molecule has 1 saturated heterocycles. The molecule has 1 atom stereocenters. The molecule has 206 valence electrons. The van der Waals surface area contributed by atoms with Crippen molar-refractivity contribution in [3.05, 3.63) is 71.2 Å². The van der Waals surface area contributed by atoms with Crippen molar-refractivity contribution < 1.29 is 18.4 Å². The molecule has 5 rings (SSSR count). The third-order valence-electron chi connectivity index (χ3n) is 8.38. The lowest BCUT2D eigenvalue weighted by atomic mass is 9.80. The van der Waals surface area contributed by atoms with Gasteiger partial charge in [-0.1, -0.05) is 0 Å². The van der Waals surface area contributed by atoms with Gasteiger partial charge in [0.15, 0.2) is 11.6 Å². The number of amides is 2. The summed E-state index contributed by atoms with van der Waals surface area (Å²) in [5.41, 5.74) is 8.88. The zero-order valence-electron chi connectivity index (χ0n) is 22.1. The number of benzene rings is 1. The van der Waals surface area contributed by atoms with E-state index in [1.54, 1.807) is 11.1 Å². The molecule has 0 bridgehead atoms. The summed E-state index contributed by atoms with van der Waals surface area (Å²) >= 11 is 0. The number of nitrogens with one attached hydrogen (secondary N) is 2. The van der Waals surface area contributed by atoms with E-state index in [9.17, 15) is 18.4 Å². The van der Waals surface area contributed by atoms with Crippen molar-refractivity contribution in [2.45, 2.75) is 63.5 Å². The van der Waals surface area contributed by atoms with Crippen LogP contribution in [0.3, 0.4) is 0 Å². The van der Waals surface area contributed by atoms with Crippen molar-refractivity contribution >= 4 is 28.8 Å². The summed E-state index contributed by atoms with van der Waals surface area (Å²) in [6, 6.07) is 4.37. The van der Waals surface area contributed by atoms with Gasteiger partial charge in [-0.3, -0.25) is 14.6 Å². The van der Waals surface area contributed by atoms with E-state index >= 15 is 0 Å². The van der Waals surface area contributed by atoms with E-state index in [1.807, 2.05) is 12.3 Å². The first kappa shape index (κ1) is 27.0. The zero-order valence-corrected chi connectivity index (χ0v) is 22.1. The minimum absolute atomic E-state index is 0.0572. The smallest absolute Gasteiger partial charge is 0.246 e. The number of H-pyrrole nitrogens is 1. The summed E-state index contributed by atoms with van der Waals surface area (Å²) in [7, 11) is 0. The van der Waals surface area contributed by atoms with Crippen LogP contribution in [0.2, 0.25) is 0 Å². The fraction of sp³-hybridized carbons (Fsp3) is 0.433. The molecule has 0 spiro atoms. The van der Waals surface area contributed by atoms with Gasteiger partial charge >= 0.3 is 0 Å². The maximum absolute atomic E-state index is 13.7. The average molecular weight is 536 g/mol. The number of rotatable bonds is 7. The molecule has 9 heteroatoms. The number of nitrogens with two attached hydrogens (primary N) is 1. The molecule has 1 unspecified atom stereocenters. The maximum Gasteiger partial charge on any atom is 0.246 e. The number of carbonyl (C=O) groups is 2. The maximum atomic E-state index is 13.7. The second-order valence-corrected chi connectivity index (χ2v) is 10.9. The summed E-state index contributed by atoms with van der Waals surface area (Å²) < 4.78 is 27.2. The first-order valence-corrected chi connectivity index (χ1v) is 13.7. The number of aryl methyl sites for hydroxylation is 1. The second kappa shape index (κ2) is 11.7. The average Bonchev–Trinajstić information content (AvgIpc) is 3.38. The number of likely N-dealkylation sites (tertiary alicyclic amines) is 1. The van der Waals surface area contributed by atoms with Crippen molar-refractivity contribution in [3.8, 4) is 0 Å². The van der Waals surface area contributed by atoms with Gasteiger partial charge in [0.2, 0.25) is 11.8 Å². The molecule has 2 aromatic heterocycles. The third kappa shape index (κ3) is 6.03. The van der Waals surface area contributed by atoms with Crippen LogP contribution in [0.4, 0.5) is 8.78 Å². The van der Waals surface area contributed by atoms with Crippen molar-refractivity contribution in [1.82, 2.24) is 20.2 Å². The Hall–Kier alpha value is -3.59. The number of pyridine rings is 1. The standard InChI is InChI=1S/C30H35F2N5O2/c1-18-14-19(15-25(31)28(18)32)2-7-27(38)37-12-9-21(10-13-37)29(30(33)39)36-22-5-3-20(4-6-22)23-17-35-26-8-11-34-16-24(23)26/h2,7-8,11,14-17,20-22,29,35-36H,3-6,9-10,12-13H2,1H3,(H2,33,39)/b7-2+. The number of hydrogen-bond donors (Lipinski definition) is 3. The van der Waals surface area contributed by atoms with Crippen LogP contribution in [0.25, 0.3) is 17.0 Å². The molecular weight excluding hydrogens is 500 g/mol. The van der Waals surface area contributed by atoms with Crippen LogP contribution in [0.1, 0.15) is 61.1 Å². The number of fused-ring (bicyclic) bond motifs is 1. The van der Waals surface area contributed by atoms with Gasteiger partial charge in [-0.05, 0) is 98.2 Å². The highest BCUT2D eigenvalue weighted by Crippen LogP contribution is 2.37. The van der Waals surface area contributed by atoms with E-state index in [0.717, 1.165) is 37.3 Å². The van der Waals surface area contributed by atoms with E-state index in [4.69, 9.17) is 5.73 Å². The Morgan fingerprint density at radius 3 is 2.59 bits per heavy atom. The molecule has 3 aromatic rings. The highest BCUT2D eigenvalue weighted by Gasteiger charge is 2.34. The topological polar surface area (TPSA) is 104 Å². The van der Waals surface area contributed by atoms with Crippen LogP contribution in [0, 0.1) is 24.5 Å². The molecule has 3 heterocycles. The first-order chi connectivity index (χ1) is 18.8. The molecule has 2 fully saturated rings. The Bertz CT molecular complexity index is 1350. The summed E-state index contributed by atoms with van der Waals surface area (Å²) in [6.07, 6.45) is 14.0. The Kier molecular flexibility index (Phi) is 8.07. The van der Waals surface area contributed by atoms with Crippen LogP contribution in [0.5, 0.6) is 0 Å². The summed E-state index contributed by atoms with van der Waals surface area (Å²) in [4.78, 5) is 34.5. The van der Waals surface area contributed by atoms with Crippen molar-refractivity contribution in [3.63, 3.8) is 0 Å². The fourth-order valence-corrected chi connectivity index (χ4v) is 6.17. The van der Waals surface area contributed by atoms with Crippen molar-refractivity contribution in [2.24, 2.45) is 11.7 Å². The predicted molar refractivity (Wildman–Crippen MR) is 147 cm³/mol. The number of nitrogens with zero attached hydrogens (tertiary/aromatic N) is 2. The molecule has 1 aliphatic carbocycles. The van der Waals surface area contributed by atoms with Gasteiger partial charge in [-0.25, -0.2) is 8.78 Å². The summed E-state index contributed by atoms with van der Waals surface area (Å²) in [6.45, 7) is 2.51. The highest BCUT2D eigenvalue weighted by atomic mass is 19.2. The van der Waals surface area contributed by atoms with Gasteiger partial charge < -0.3 is 20.9 Å².